The second-order valence-electron chi connectivity index (χ2n) is 6.45. The number of aliphatic imine (C=N–C) groups is 1. The molecule has 4 nitrogen and oxygen atoms in total. The predicted octanol–water partition coefficient (Wildman–Crippen LogP) is 1.99. The molecule has 0 aromatic carbocycles. The van der Waals surface area contributed by atoms with E-state index in [1.807, 2.05) is 0 Å². The van der Waals surface area contributed by atoms with E-state index in [0.29, 0.717) is 12.1 Å². The number of rotatable bonds is 1. The summed E-state index contributed by atoms with van der Waals surface area (Å²) in [7, 11) is 0. The number of fused-ring (bicyclic) bond motifs is 2. The van der Waals surface area contributed by atoms with Crippen LogP contribution < -0.4 is 5.32 Å². The van der Waals surface area contributed by atoms with Gasteiger partial charge in [0, 0.05) is 6.04 Å². The molecule has 3 aliphatic carbocycles. The van der Waals surface area contributed by atoms with E-state index in [4.69, 9.17) is 4.74 Å². The van der Waals surface area contributed by atoms with E-state index in [0.717, 1.165) is 37.5 Å². The molecule has 0 aromatic rings. The quantitative estimate of drug-likeness (QED) is 0.772. The molecule has 3 unspecified atom stereocenters. The summed E-state index contributed by atoms with van der Waals surface area (Å²) in [5, 5.41) is 3.40. The van der Waals surface area contributed by atoms with E-state index in [1.54, 1.807) is 0 Å². The highest BCUT2D eigenvalue weighted by atomic mass is 16.5. The van der Waals surface area contributed by atoms with Crippen molar-refractivity contribution in [3.63, 3.8) is 0 Å². The van der Waals surface area contributed by atoms with Crippen LogP contribution in [0, 0.1) is 11.8 Å². The number of ether oxygens (including phenoxy) is 1. The zero-order valence-electron chi connectivity index (χ0n) is 10.7. The Kier molecular flexibility index (Phi) is 2.24. The van der Waals surface area contributed by atoms with E-state index < -0.39 is 5.60 Å². The Balaban J connectivity index is 1.44. The van der Waals surface area contributed by atoms with Crippen LogP contribution in [0.1, 0.15) is 51.4 Å². The summed E-state index contributed by atoms with van der Waals surface area (Å²) in [6.07, 6.45) is 9.16. The maximum absolute atomic E-state index is 12.0. The second-order valence-corrected chi connectivity index (χ2v) is 6.45. The van der Waals surface area contributed by atoms with Crippen LogP contribution in [0.4, 0.5) is 0 Å². The molecule has 4 rings (SSSR count). The van der Waals surface area contributed by atoms with Crippen molar-refractivity contribution in [2.75, 3.05) is 0 Å². The minimum Gasteiger partial charge on any atom is -0.448 e. The molecule has 1 spiro atoms. The molecule has 1 heterocycles. The van der Waals surface area contributed by atoms with Gasteiger partial charge >= 0.3 is 0 Å². The number of hydrogen-bond acceptors (Lipinski definition) is 3. The van der Waals surface area contributed by atoms with Gasteiger partial charge in [0.05, 0.1) is 0 Å². The Morgan fingerprint density at radius 1 is 1.22 bits per heavy atom. The van der Waals surface area contributed by atoms with Crippen molar-refractivity contribution in [3.05, 3.63) is 0 Å². The molecule has 1 aliphatic heterocycles. The van der Waals surface area contributed by atoms with Gasteiger partial charge in [0.25, 0.3) is 11.9 Å². The van der Waals surface area contributed by atoms with Crippen LogP contribution in [0.2, 0.25) is 0 Å². The van der Waals surface area contributed by atoms with Crippen LogP contribution in [0.5, 0.6) is 0 Å². The molecule has 3 saturated carbocycles. The van der Waals surface area contributed by atoms with Gasteiger partial charge in [-0.05, 0) is 56.8 Å². The molecule has 3 fully saturated rings. The fourth-order valence-corrected chi connectivity index (χ4v) is 4.35. The SMILES string of the molecule is O=C1N=C(NC2CC3CCC2C3)OC12CCCC2. The minimum atomic E-state index is -0.583. The van der Waals surface area contributed by atoms with E-state index in [-0.39, 0.29) is 5.91 Å². The zero-order valence-corrected chi connectivity index (χ0v) is 10.7. The van der Waals surface area contributed by atoms with Crippen molar-refractivity contribution in [2.24, 2.45) is 16.8 Å². The average molecular weight is 248 g/mol. The lowest BCUT2D eigenvalue weighted by Crippen LogP contribution is -2.41. The van der Waals surface area contributed by atoms with Crippen LogP contribution >= 0.6 is 0 Å². The third-order valence-electron chi connectivity index (χ3n) is 5.34. The summed E-state index contributed by atoms with van der Waals surface area (Å²) in [6.45, 7) is 0. The van der Waals surface area contributed by atoms with E-state index in [1.165, 1.54) is 25.7 Å². The Morgan fingerprint density at radius 2 is 2.06 bits per heavy atom. The van der Waals surface area contributed by atoms with Crippen molar-refractivity contribution in [1.82, 2.24) is 5.32 Å². The number of carbonyl (C=O) groups excluding carboxylic acids is 1. The van der Waals surface area contributed by atoms with Crippen LogP contribution in [0.3, 0.4) is 0 Å². The number of carbonyl (C=O) groups is 1. The summed E-state index contributed by atoms with van der Waals surface area (Å²) in [4.78, 5) is 16.1. The lowest BCUT2D eigenvalue weighted by molar-refractivity contribution is -0.130. The summed E-state index contributed by atoms with van der Waals surface area (Å²) in [6, 6.07) is 1.01. The summed E-state index contributed by atoms with van der Waals surface area (Å²) in [5.41, 5.74) is -0.583. The first-order chi connectivity index (χ1) is 8.75. The molecular formula is C14H20N2O2. The Hall–Kier alpha value is -1.06. The first-order valence-corrected chi connectivity index (χ1v) is 7.34. The molecule has 0 aromatic heterocycles. The van der Waals surface area contributed by atoms with E-state index in [2.05, 4.69) is 10.3 Å². The fraction of sp³-hybridized carbons (Fsp3) is 0.857. The smallest absolute Gasteiger partial charge is 0.294 e. The van der Waals surface area contributed by atoms with Crippen LogP contribution in [0.15, 0.2) is 4.99 Å². The van der Waals surface area contributed by atoms with Gasteiger partial charge in [0.1, 0.15) is 0 Å². The van der Waals surface area contributed by atoms with Crippen molar-refractivity contribution in [3.8, 4) is 0 Å². The highest BCUT2D eigenvalue weighted by Crippen LogP contribution is 2.45. The number of amides is 1. The van der Waals surface area contributed by atoms with Gasteiger partial charge in [-0.25, -0.2) is 0 Å². The number of hydrogen-bond donors (Lipinski definition) is 1. The molecule has 0 saturated heterocycles. The van der Waals surface area contributed by atoms with Gasteiger partial charge in [0.2, 0.25) is 0 Å². The van der Waals surface area contributed by atoms with Crippen LogP contribution in [0.25, 0.3) is 0 Å². The molecule has 2 bridgehead atoms. The van der Waals surface area contributed by atoms with Gasteiger partial charge in [-0.1, -0.05) is 6.42 Å². The molecular weight excluding hydrogens is 228 g/mol. The highest BCUT2D eigenvalue weighted by Gasteiger charge is 2.49. The summed E-state index contributed by atoms with van der Waals surface area (Å²) < 4.78 is 5.88. The highest BCUT2D eigenvalue weighted by molar-refractivity contribution is 6.01. The number of nitrogens with one attached hydrogen (secondary N) is 1. The summed E-state index contributed by atoms with van der Waals surface area (Å²) >= 11 is 0. The number of amidine groups is 1. The molecule has 98 valence electrons. The molecule has 18 heavy (non-hydrogen) atoms. The Labute approximate surface area is 107 Å². The zero-order chi connectivity index (χ0) is 12.2. The van der Waals surface area contributed by atoms with Crippen LogP contribution in [-0.2, 0) is 9.53 Å². The Morgan fingerprint density at radius 3 is 2.72 bits per heavy atom. The number of nitrogens with zero attached hydrogens (tertiary/aromatic N) is 1. The lowest BCUT2D eigenvalue weighted by Gasteiger charge is -2.25. The molecule has 0 radical (unpaired) electrons. The largest absolute Gasteiger partial charge is 0.448 e. The minimum absolute atomic E-state index is 0.0503. The topological polar surface area (TPSA) is 50.7 Å². The first-order valence-electron chi connectivity index (χ1n) is 7.34. The van der Waals surface area contributed by atoms with Crippen molar-refractivity contribution < 1.29 is 9.53 Å². The van der Waals surface area contributed by atoms with Crippen molar-refractivity contribution >= 4 is 11.9 Å². The normalized spacial score (nSPS) is 40.3. The molecule has 1 amide bonds. The first kappa shape index (κ1) is 10.8. The average Bonchev–Trinajstić information content (AvgIpc) is 3.06. The third-order valence-corrected chi connectivity index (χ3v) is 5.34. The van der Waals surface area contributed by atoms with Crippen LogP contribution in [-0.4, -0.2) is 23.6 Å². The fourth-order valence-electron chi connectivity index (χ4n) is 4.35. The third kappa shape index (κ3) is 1.50. The van der Waals surface area contributed by atoms with Gasteiger partial charge in [0.15, 0.2) is 5.60 Å². The van der Waals surface area contributed by atoms with Crippen molar-refractivity contribution in [1.29, 1.82) is 0 Å². The van der Waals surface area contributed by atoms with Crippen molar-refractivity contribution in [2.45, 2.75) is 63.0 Å². The monoisotopic (exact) mass is 248 g/mol. The maximum atomic E-state index is 12.0. The second kappa shape index (κ2) is 3.72. The maximum Gasteiger partial charge on any atom is 0.294 e. The molecule has 4 aliphatic rings. The van der Waals surface area contributed by atoms with Gasteiger partial charge in [-0.15, -0.1) is 0 Å². The molecule has 4 heteroatoms. The predicted molar refractivity (Wildman–Crippen MR) is 67.1 cm³/mol. The van der Waals surface area contributed by atoms with E-state index in [9.17, 15) is 4.79 Å². The van der Waals surface area contributed by atoms with Gasteiger partial charge in [-0.3, -0.25) is 4.79 Å². The molecule has 3 atom stereocenters. The van der Waals surface area contributed by atoms with E-state index >= 15 is 0 Å². The lowest BCUT2D eigenvalue weighted by atomic mass is 9.96. The van der Waals surface area contributed by atoms with Gasteiger partial charge in [-0.2, -0.15) is 4.99 Å². The summed E-state index contributed by atoms with van der Waals surface area (Å²) in [5.74, 6) is 1.62. The Bertz CT molecular complexity index is 412. The standard InChI is InChI=1S/C14H20N2O2/c17-12-14(5-1-2-6-14)18-13(16-12)15-11-8-9-3-4-10(11)7-9/h9-11H,1-8H2,(H,15,16,17). The molecule has 1 N–H and O–H groups in total. The van der Waals surface area contributed by atoms with Gasteiger partial charge < -0.3 is 10.1 Å².